The van der Waals surface area contributed by atoms with Gasteiger partial charge in [-0.2, -0.15) is 0 Å². The fourth-order valence-electron chi connectivity index (χ4n) is 2.71. The predicted octanol–water partition coefficient (Wildman–Crippen LogP) is 3.71. The van der Waals surface area contributed by atoms with Crippen molar-refractivity contribution in [3.8, 4) is 0 Å². The first-order valence-corrected chi connectivity index (χ1v) is 7.10. The molecule has 0 amide bonds. The number of esters is 1. The zero-order valence-electron chi connectivity index (χ0n) is 13.1. The summed E-state index contributed by atoms with van der Waals surface area (Å²) in [5.74, 6) is -0.130. The van der Waals surface area contributed by atoms with Crippen LogP contribution in [0.5, 0.6) is 0 Å². The van der Waals surface area contributed by atoms with Gasteiger partial charge in [-0.3, -0.25) is 27.6 Å². The van der Waals surface area contributed by atoms with E-state index in [-0.39, 0.29) is 65.3 Å². The number of hydrogen-bond donors (Lipinski definition) is 0. The van der Waals surface area contributed by atoms with E-state index in [1.807, 2.05) is 19.9 Å². The van der Waals surface area contributed by atoms with Gasteiger partial charge in [0.2, 0.25) is 0 Å². The Bertz CT molecular complexity index is 468. The van der Waals surface area contributed by atoms with Crippen LogP contribution in [0.2, 0.25) is 0 Å². The molecule has 0 heterocycles. The van der Waals surface area contributed by atoms with E-state index >= 15 is 0 Å². The standard InChI is InChI=1S/C17H22O2.W.Y/c1-13-7-8-14(2)15(11-13)12-16(18)19-17(3)9-5-4-6-10-17;;/h8H,4-6,9-10,12H2,1-3H3;;/q-2;;. The number of carbonyl (C=O) groups excluding carboxylic acids is 1. The molecule has 4 heteroatoms. The third-order valence-electron chi connectivity index (χ3n) is 3.91. The summed E-state index contributed by atoms with van der Waals surface area (Å²) >= 11 is 0. The summed E-state index contributed by atoms with van der Waals surface area (Å²) in [6.45, 7) is 5.98. The third kappa shape index (κ3) is 6.63. The molecule has 1 aliphatic rings. The summed E-state index contributed by atoms with van der Waals surface area (Å²) in [5, 5.41) is 0. The largest absolute Gasteiger partial charge is 0.459 e. The zero-order chi connectivity index (χ0) is 13.9. The first-order valence-electron chi connectivity index (χ1n) is 7.10. The number of aryl methyl sites for hydroxylation is 2. The molecule has 0 unspecified atom stereocenters. The Kier molecular flexibility index (Phi) is 9.80. The molecule has 0 saturated heterocycles. The second kappa shape index (κ2) is 9.58. The van der Waals surface area contributed by atoms with E-state index in [1.165, 1.54) is 6.42 Å². The summed E-state index contributed by atoms with van der Waals surface area (Å²) < 4.78 is 5.71. The predicted molar refractivity (Wildman–Crippen MR) is 74.9 cm³/mol. The maximum atomic E-state index is 12.1. The molecule has 0 atom stereocenters. The molecule has 0 bridgehead atoms. The first-order chi connectivity index (χ1) is 8.98. The number of ether oxygens (including phenoxy) is 1. The second-order valence-electron chi connectivity index (χ2n) is 5.86. The van der Waals surface area contributed by atoms with Crippen LogP contribution in [0.4, 0.5) is 0 Å². The van der Waals surface area contributed by atoms with Crippen LogP contribution in [0.25, 0.3) is 0 Å². The van der Waals surface area contributed by atoms with Crippen molar-refractivity contribution in [2.24, 2.45) is 0 Å². The Morgan fingerprint density at radius 3 is 2.52 bits per heavy atom. The van der Waals surface area contributed by atoms with E-state index in [4.69, 9.17) is 4.74 Å². The van der Waals surface area contributed by atoms with Gasteiger partial charge in [-0.1, -0.05) is 13.3 Å². The Labute approximate surface area is 167 Å². The van der Waals surface area contributed by atoms with Gasteiger partial charge in [0, 0.05) is 60.2 Å². The molecule has 2 rings (SSSR count). The average Bonchev–Trinajstić information content (AvgIpc) is 2.34. The van der Waals surface area contributed by atoms with Crippen LogP contribution >= 0.6 is 0 Å². The van der Waals surface area contributed by atoms with Crippen LogP contribution in [-0.4, -0.2) is 11.6 Å². The summed E-state index contributed by atoms with van der Waals surface area (Å²) in [5.41, 5.74) is 2.67. The van der Waals surface area contributed by atoms with Gasteiger partial charge in [0.25, 0.3) is 0 Å². The molecule has 1 saturated carbocycles. The van der Waals surface area contributed by atoms with Gasteiger partial charge in [-0.15, -0.1) is 6.92 Å². The zero-order valence-corrected chi connectivity index (χ0v) is 18.9. The van der Waals surface area contributed by atoms with Crippen LogP contribution in [0, 0.1) is 26.0 Å². The van der Waals surface area contributed by atoms with E-state index < -0.39 is 0 Å². The summed E-state index contributed by atoms with van der Waals surface area (Å²) in [7, 11) is 0. The number of hydrogen-bond acceptors (Lipinski definition) is 2. The summed E-state index contributed by atoms with van der Waals surface area (Å²) in [6, 6.07) is 8.21. The van der Waals surface area contributed by atoms with Crippen molar-refractivity contribution in [2.45, 2.75) is 64.9 Å². The van der Waals surface area contributed by atoms with Gasteiger partial charge >= 0.3 is 5.97 Å². The molecule has 21 heavy (non-hydrogen) atoms. The maximum absolute atomic E-state index is 12.1. The molecule has 0 N–H and O–H groups in total. The molecule has 0 aromatic heterocycles. The van der Waals surface area contributed by atoms with E-state index in [0.29, 0.717) is 6.42 Å². The van der Waals surface area contributed by atoms with Gasteiger partial charge in [0.1, 0.15) is 5.60 Å². The maximum Gasteiger partial charge on any atom is 0.306 e. The van der Waals surface area contributed by atoms with Crippen molar-refractivity contribution in [3.05, 3.63) is 34.9 Å². The van der Waals surface area contributed by atoms with E-state index in [0.717, 1.165) is 42.4 Å². The normalized spacial score (nSPS) is 16.3. The third-order valence-corrected chi connectivity index (χ3v) is 3.91. The van der Waals surface area contributed by atoms with Crippen LogP contribution in [-0.2, 0) is 69.7 Å². The molecule has 1 fully saturated rings. The fraction of sp³-hybridized carbons (Fsp3) is 0.588. The van der Waals surface area contributed by atoms with Crippen LogP contribution in [0.3, 0.4) is 0 Å². The molecule has 113 valence electrons. The van der Waals surface area contributed by atoms with Gasteiger partial charge in [0.05, 0.1) is 0 Å². The van der Waals surface area contributed by atoms with E-state index in [2.05, 4.69) is 19.1 Å². The molecule has 1 aromatic carbocycles. The fourth-order valence-corrected chi connectivity index (χ4v) is 2.71. The quantitative estimate of drug-likeness (QED) is 0.440. The van der Waals surface area contributed by atoms with E-state index in [1.54, 1.807) is 0 Å². The topological polar surface area (TPSA) is 26.3 Å². The molecule has 1 radical (unpaired) electrons. The number of carbonyl (C=O) groups is 1. The molecule has 1 aromatic rings. The smallest absolute Gasteiger partial charge is 0.306 e. The second-order valence-corrected chi connectivity index (χ2v) is 5.86. The first kappa shape index (κ1) is 21.5. The molecule has 2 nitrogen and oxygen atoms in total. The van der Waals surface area contributed by atoms with Crippen molar-refractivity contribution in [1.29, 1.82) is 0 Å². The molecule has 0 aliphatic heterocycles. The minimum absolute atomic E-state index is 0. The Hall–Kier alpha value is 0.482. The average molecular weight is 531 g/mol. The molecule has 0 spiro atoms. The molecular formula is C17H22O2WY-2. The van der Waals surface area contributed by atoms with Gasteiger partial charge < -0.3 is 16.9 Å². The minimum atomic E-state index is -0.251. The van der Waals surface area contributed by atoms with Crippen molar-refractivity contribution in [1.82, 2.24) is 0 Å². The van der Waals surface area contributed by atoms with Crippen LogP contribution in [0.15, 0.2) is 6.07 Å². The Morgan fingerprint density at radius 1 is 1.29 bits per heavy atom. The van der Waals surface area contributed by atoms with Crippen molar-refractivity contribution in [3.63, 3.8) is 0 Å². The SMILES string of the molecule is Cc1[c-]cc(C)c(CC(=O)OC2(C)CCCCC2)[c-]1.[W].[Y]. The Morgan fingerprint density at radius 2 is 1.90 bits per heavy atom. The molecule has 1 aliphatic carbocycles. The monoisotopic (exact) mass is 531 g/mol. The molecular weight excluding hydrogens is 509 g/mol. The van der Waals surface area contributed by atoms with Crippen molar-refractivity contribution < 1.29 is 63.3 Å². The van der Waals surface area contributed by atoms with Crippen molar-refractivity contribution in [2.75, 3.05) is 0 Å². The van der Waals surface area contributed by atoms with Crippen LogP contribution < -0.4 is 0 Å². The number of benzene rings is 1. The summed E-state index contributed by atoms with van der Waals surface area (Å²) in [6.07, 6.45) is 5.87. The number of rotatable bonds is 3. The Balaban J connectivity index is 0.00000200. The van der Waals surface area contributed by atoms with Crippen LogP contribution in [0.1, 0.15) is 55.7 Å². The summed E-state index contributed by atoms with van der Waals surface area (Å²) in [4.78, 5) is 12.1. The van der Waals surface area contributed by atoms with Gasteiger partial charge in [0.15, 0.2) is 0 Å². The van der Waals surface area contributed by atoms with E-state index in [9.17, 15) is 4.79 Å². The van der Waals surface area contributed by atoms with Gasteiger partial charge in [-0.05, 0) is 32.6 Å². The van der Waals surface area contributed by atoms with Gasteiger partial charge in [-0.25, -0.2) is 0 Å². The van der Waals surface area contributed by atoms with Crippen molar-refractivity contribution >= 4 is 5.97 Å². The minimum Gasteiger partial charge on any atom is -0.459 e.